The smallest absolute Gasteiger partial charge is 0.224 e. The molecule has 1 aromatic heterocycles. The number of rotatable bonds is 7. The zero-order valence-corrected chi connectivity index (χ0v) is 20.6. The fourth-order valence-electron chi connectivity index (χ4n) is 4.46. The Balaban J connectivity index is 1.41. The van der Waals surface area contributed by atoms with E-state index in [0.717, 1.165) is 15.9 Å². The van der Waals surface area contributed by atoms with Gasteiger partial charge in [-0.1, -0.05) is 22.0 Å². The molecule has 0 spiro atoms. The Kier molecular flexibility index (Phi) is 8.03. The van der Waals surface area contributed by atoms with Gasteiger partial charge in [0.15, 0.2) is 0 Å². The van der Waals surface area contributed by atoms with Crippen molar-refractivity contribution in [2.45, 2.75) is 38.8 Å². The summed E-state index contributed by atoms with van der Waals surface area (Å²) in [6.07, 6.45) is 3.07. The first-order valence-corrected chi connectivity index (χ1v) is 12.3. The number of morpholine rings is 1. The highest BCUT2D eigenvalue weighted by molar-refractivity contribution is 9.10. The predicted octanol–water partition coefficient (Wildman–Crippen LogP) is 2.89. The quantitative estimate of drug-likeness (QED) is 0.563. The number of amides is 2. The molecule has 33 heavy (non-hydrogen) atoms. The highest BCUT2D eigenvalue weighted by Crippen LogP contribution is 2.28. The van der Waals surface area contributed by atoms with Gasteiger partial charge in [-0.05, 0) is 31.2 Å². The van der Waals surface area contributed by atoms with Gasteiger partial charge < -0.3 is 19.3 Å². The number of benzene rings is 1. The second-order valence-electron chi connectivity index (χ2n) is 8.65. The lowest BCUT2D eigenvalue weighted by molar-refractivity contribution is -0.141. The molecule has 2 saturated heterocycles. The zero-order chi connectivity index (χ0) is 23.2. The Morgan fingerprint density at radius 2 is 1.97 bits per heavy atom. The second-order valence-corrected chi connectivity index (χ2v) is 9.56. The summed E-state index contributed by atoms with van der Waals surface area (Å²) in [5.41, 5.74) is 1.04. The molecule has 0 unspecified atom stereocenters. The first kappa shape index (κ1) is 23.8. The van der Waals surface area contributed by atoms with E-state index in [4.69, 9.17) is 9.47 Å². The number of nitrogens with zero attached hydrogens (tertiary/aromatic N) is 4. The Bertz CT molecular complexity index is 959. The van der Waals surface area contributed by atoms with Gasteiger partial charge in [0, 0.05) is 74.3 Å². The van der Waals surface area contributed by atoms with Crippen molar-refractivity contribution >= 4 is 27.7 Å². The molecule has 2 fully saturated rings. The third-order valence-electron chi connectivity index (χ3n) is 6.37. The molecule has 8 nitrogen and oxygen atoms in total. The molecule has 4 rings (SSSR count). The van der Waals surface area contributed by atoms with Crippen LogP contribution < -0.4 is 4.74 Å². The minimum Gasteiger partial charge on any atom is -0.490 e. The van der Waals surface area contributed by atoms with Crippen LogP contribution in [-0.4, -0.2) is 76.9 Å². The van der Waals surface area contributed by atoms with Crippen LogP contribution in [0.3, 0.4) is 0 Å². The summed E-state index contributed by atoms with van der Waals surface area (Å²) in [7, 11) is 0. The van der Waals surface area contributed by atoms with E-state index in [1.165, 1.54) is 0 Å². The molecule has 2 amide bonds. The standard InChI is InChI=1S/C24H31BrN4O4/c1-18-5-8-26-29(18)10-7-23(30)28-9-6-22(33-21-4-2-3-20(25)16-21)19(17-28)15-24(31)27-11-13-32-14-12-27/h2-5,8,16,19,22H,6-7,9-15,17H2,1H3/t19-,22-/m0/s1. The molecule has 0 N–H and O–H groups in total. The van der Waals surface area contributed by atoms with Gasteiger partial charge in [-0.15, -0.1) is 0 Å². The SMILES string of the molecule is Cc1ccnn1CCC(=O)N1CC[C@H](Oc2cccc(Br)c2)[C@@H](CC(=O)N2CCOCC2)C1. The zero-order valence-electron chi connectivity index (χ0n) is 19.0. The van der Waals surface area contributed by atoms with E-state index in [-0.39, 0.29) is 23.8 Å². The number of piperidine rings is 1. The summed E-state index contributed by atoms with van der Waals surface area (Å²) in [6, 6.07) is 9.68. The van der Waals surface area contributed by atoms with Crippen LogP contribution in [0.4, 0.5) is 0 Å². The molecule has 2 aliphatic rings. The van der Waals surface area contributed by atoms with E-state index >= 15 is 0 Å². The van der Waals surface area contributed by atoms with Crippen molar-refractivity contribution in [2.24, 2.45) is 5.92 Å². The first-order chi connectivity index (χ1) is 16.0. The van der Waals surface area contributed by atoms with Gasteiger partial charge in [0.05, 0.1) is 13.2 Å². The maximum Gasteiger partial charge on any atom is 0.224 e. The summed E-state index contributed by atoms with van der Waals surface area (Å²) in [6.45, 7) is 6.07. The molecule has 0 bridgehead atoms. The molecule has 0 saturated carbocycles. The van der Waals surface area contributed by atoms with Gasteiger partial charge in [0.1, 0.15) is 11.9 Å². The summed E-state index contributed by atoms with van der Waals surface area (Å²) in [5, 5.41) is 4.27. The van der Waals surface area contributed by atoms with E-state index < -0.39 is 0 Å². The number of aryl methyl sites for hydroxylation is 2. The lowest BCUT2D eigenvalue weighted by Crippen LogP contribution is -2.50. The summed E-state index contributed by atoms with van der Waals surface area (Å²) in [5.74, 6) is 0.901. The molecular weight excluding hydrogens is 488 g/mol. The lowest BCUT2D eigenvalue weighted by atomic mass is 9.90. The number of carbonyl (C=O) groups is 2. The largest absolute Gasteiger partial charge is 0.490 e. The molecule has 0 radical (unpaired) electrons. The van der Waals surface area contributed by atoms with E-state index in [1.54, 1.807) is 6.20 Å². The van der Waals surface area contributed by atoms with Crippen LogP contribution in [0.5, 0.6) is 5.75 Å². The van der Waals surface area contributed by atoms with Crippen LogP contribution in [-0.2, 0) is 20.9 Å². The van der Waals surface area contributed by atoms with Crippen LogP contribution in [0.25, 0.3) is 0 Å². The summed E-state index contributed by atoms with van der Waals surface area (Å²) in [4.78, 5) is 29.7. The number of likely N-dealkylation sites (tertiary alicyclic amines) is 1. The van der Waals surface area contributed by atoms with Gasteiger partial charge >= 0.3 is 0 Å². The van der Waals surface area contributed by atoms with Crippen molar-refractivity contribution < 1.29 is 19.1 Å². The molecule has 0 aliphatic carbocycles. The van der Waals surface area contributed by atoms with Crippen molar-refractivity contribution in [3.8, 4) is 5.75 Å². The van der Waals surface area contributed by atoms with Gasteiger partial charge in [0.2, 0.25) is 11.8 Å². The topological polar surface area (TPSA) is 76.9 Å². The minimum atomic E-state index is -0.123. The Labute approximate surface area is 202 Å². The van der Waals surface area contributed by atoms with Gasteiger partial charge in [-0.25, -0.2) is 0 Å². The fourth-order valence-corrected chi connectivity index (χ4v) is 4.84. The van der Waals surface area contributed by atoms with Crippen molar-refractivity contribution in [2.75, 3.05) is 39.4 Å². The number of halogens is 1. The maximum absolute atomic E-state index is 13.0. The Morgan fingerprint density at radius 1 is 1.15 bits per heavy atom. The fraction of sp³-hybridized carbons (Fsp3) is 0.542. The lowest BCUT2D eigenvalue weighted by Gasteiger charge is -2.39. The molecule has 2 aromatic rings. The third kappa shape index (κ3) is 6.35. The molecule has 178 valence electrons. The van der Waals surface area contributed by atoms with Crippen LogP contribution in [0.15, 0.2) is 41.0 Å². The summed E-state index contributed by atoms with van der Waals surface area (Å²) >= 11 is 3.49. The second kappa shape index (κ2) is 11.2. The van der Waals surface area contributed by atoms with Crippen molar-refractivity contribution in [3.05, 3.63) is 46.7 Å². The molecular formula is C24H31BrN4O4. The van der Waals surface area contributed by atoms with E-state index in [9.17, 15) is 9.59 Å². The molecule has 9 heteroatoms. The number of hydrogen-bond acceptors (Lipinski definition) is 5. The molecule has 2 atom stereocenters. The van der Waals surface area contributed by atoms with E-state index in [2.05, 4.69) is 21.0 Å². The maximum atomic E-state index is 13.0. The minimum absolute atomic E-state index is 0.0662. The average molecular weight is 519 g/mol. The molecule has 3 heterocycles. The number of ether oxygens (including phenoxy) is 2. The van der Waals surface area contributed by atoms with E-state index in [1.807, 2.05) is 51.7 Å². The number of carbonyl (C=O) groups excluding carboxylic acids is 2. The van der Waals surface area contributed by atoms with Crippen molar-refractivity contribution in [3.63, 3.8) is 0 Å². The third-order valence-corrected chi connectivity index (χ3v) is 6.86. The van der Waals surface area contributed by atoms with Crippen LogP contribution in [0, 0.1) is 12.8 Å². The van der Waals surface area contributed by atoms with E-state index in [0.29, 0.717) is 65.2 Å². The van der Waals surface area contributed by atoms with Crippen LogP contribution >= 0.6 is 15.9 Å². The average Bonchev–Trinajstić information content (AvgIpc) is 3.23. The Morgan fingerprint density at radius 3 is 2.70 bits per heavy atom. The van der Waals surface area contributed by atoms with Crippen LogP contribution in [0.2, 0.25) is 0 Å². The molecule has 2 aliphatic heterocycles. The monoisotopic (exact) mass is 518 g/mol. The van der Waals surface area contributed by atoms with Gasteiger partial charge in [0.25, 0.3) is 0 Å². The van der Waals surface area contributed by atoms with Crippen LogP contribution in [0.1, 0.15) is 25.0 Å². The normalized spacial score (nSPS) is 21.2. The van der Waals surface area contributed by atoms with Gasteiger partial charge in [-0.2, -0.15) is 5.10 Å². The number of hydrogen-bond donors (Lipinski definition) is 0. The number of aromatic nitrogens is 2. The first-order valence-electron chi connectivity index (χ1n) is 11.5. The highest BCUT2D eigenvalue weighted by Gasteiger charge is 2.35. The summed E-state index contributed by atoms with van der Waals surface area (Å²) < 4.78 is 14.5. The van der Waals surface area contributed by atoms with Crippen molar-refractivity contribution in [1.82, 2.24) is 19.6 Å². The van der Waals surface area contributed by atoms with Gasteiger partial charge in [-0.3, -0.25) is 14.3 Å². The Hall–Kier alpha value is -2.39. The molecule has 1 aromatic carbocycles. The highest BCUT2D eigenvalue weighted by atomic mass is 79.9. The predicted molar refractivity (Wildman–Crippen MR) is 127 cm³/mol. The van der Waals surface area contributed by atoms with Crippen molar-refractivity contribution in [1.29, 1.82) is 0 Å².